The van der Waals surface area contributed by atoms with Gasteiger partial charge in [0.1, 0.15) is 5.82 Å². The van der Waals surface area contributed by atoms with E-state index in [-0.39, 0.29) is 0 Å². The molecule has 1 aromatic heterocycles. The maximum Gasteiger partial charge on any atom is 0.129 e. The first-order chi connectivity index (χ1) is 8.31. The topological polar surface area (TPSA) is 24.9 Å². The molecule has 0 bridgehead atoms. The second-order valence-electron chi connectivity index (χ2n) is 3.87. The quantitative estimate of drug-likeness (QED) is 0.738. The molecule has 2 heteroatoms. The van der Waals surface area contributed by atoms with Gasteiger partial charge in [-0.05, 0) is 30.9 Å². The van der Waals surface area contributed by atoms with E-state index in [0.717, 1.165) is 18.7 Å². The Morgan fingerprint density at radius 2 is 1.82 bits per heavy atom. The van der Waals surface area contributed by atoms with E-state index in [1.54, 1.807) is 0 Å². The van der Waals surface area contributed by atoms with E-state index in [0.29, 0.717) is 0 Å². The van der Waals surface area contributed by atoms with Crippen molar-refractivity contribution in [3.8, 4) is 0 Å². The van der Waals surface area contributed by atoms with Crippen molar-refractivity contribution in [2.75, 3.05) is 12.4 Å². The molecule has 0 aliphatic rings. The highest BCUT2D eigenvalue weighted by molar-refractivity contribution is 5.44. The van der Waals surface area contributed by atoms with Crippen molar-refractivity contribution in [3.63, 3.8) is 0 Å². The lowest BCUT2D eigenvalue weighted by atomic mass is 10.1. The standard InChI is InChI=1S/C13H22N2.C2H6/c1-4-6-7-8-12-10-9-11(5-2)13(14-3)15-12;1-2/h9-10H,4-8H2,1-3H3,(H,14,15);1-2H3. The first kappa shape index (κ1) is 16.0. The minimum Gasteiger partial charge on any atom is -0.373 e. The Morgan fingerprint density at radius 1 is 1.12 bits per heavy atom. The summed E-state index contributed by atoms with van der Waals surface area (Å²) in [5.74, 6) is 1.05. The Labute approximate surface area is 107 Å². The number of anilines is 1. The molecule has 98 valence electrons. The fourth-order valence-corrected chi connectivity index (χ4v) is 1.73. The zero-order valence-corrected chi connectivity index (χ0v) is 12.1. The summed E-state index contributed by atoms with van der Waals surface area (Å²) in [6.45, 7) is 8.39. The minimum absolute atomic E-state index is 1.04. The molecular formula is C15H28N2. The Balaban J connectivity index is 0.00000121. The number of hydrogen-bond donors (Lipinski definition) is 1. The Morgan fingerprint density at radius 3 is 2.35 bits per heavy atom. The smallest absolute Gasteiger partial charge is 0.129 e. The van der Waals surface area contributed by atoms with Crippen molar-refractivity contribution in [2.45, 2.75) is 59.8 Å². The van der Waals surface area contributed by atoms with Crippen LogP contribution in [0.3, 0.4) is 0 Å². The van der Waals surface area contributed by atoms with E-state index >= 15 is 0 Å². The van der Waals surface area contributed by atoms with Gasteiger partial charge in [-0.2, -0.15) is 0 Å². The van der Waals surface area contributed by atoms with E-state index in [9.17, 15) is 0 Å². The summed E-state index contributed by atoms with van der Waals surface area (Å²) >= 11 is 0. The van der Waals surface area contributed by atoms with Crippen LogP contribution in [0.15, 0.2) is 12.1 Å². The predicted molar refractivity (Wildman–Crippen MR) is 77.7 cm³/mol. The molecule has 0 spiro atoms. The molecule has 1 aromatic rings. The van der Waals surface area contributed by atoms with Crippen LogP contribution in [-0.2, 0) is 12.8 Å². The maximum atomic E-state index is 4.62. The highest BCUT2D eigenvalue weighted by atomic mass is 15.0. The van der Waals surface area contributed by atoms with Crippen LogP contribution in [0.5, 0.6) is 0 Å². The van der Waals surface area contributed by atoms with Gasteiger partial charge in [-0.1, -0.05) is 46.6 Å². The van der Waals surface area contributed by atoms with E-state index in [4.69, 9.17) is 0 Å². The van der Waals surface area contributed by atoms with Gasteiger partial charge in [-0.15, -0.1) is 0 Å². The molecule has 0 saturated carbocycles. The summed E-state index contributed by atoms with van der Waals surface area (Å²) in [6.07, 6.45) is 5.96. The highest BCUT2D eigenvalue weighted by Crippen LogP contribution is 2.15. The zero-order chi connectivity index (χ0) is 13.1. The molecular weight excluding hydrogens is 208 g/mol. The summed E-state index contributed by atoms with van der Waals surface area (Å²) in [5, 5.41) is 3.17. The normalized spacial score (nSPS) is 9.47. The van der Waals surface area contributed by atoms with Crippen molar-refractivity contribution in [1.29, 1.82) is 0 Å². The molecule has 0 atom stereocenters. The molecule has 0 unspecified atom stereocenters. The molecule has 2 nitrogen and oxygen atoms in total. The Bertz CT molecular complexity index is 295. The van der Waals surface area contributed by atoms with Gasteiger partial charge in [0, 0.05) is 12.7 Å². The van der Waals surface area contributed by atoms with E-state index in [1.807, 2.05) is 20.9 Å². The lowest BCUT2D eigenvalue weighted by molar-refractivity contribution is 0.707. The monoisotopic (exact) mass is 236 g/mol. The third kappa shape index (κ3) is 5.71. The van der Waals surface area contributed by atoms with Gasteiger partial charge >= 0.3 is 0 Å². The molecule has 0 aliphatic carbocycles. The number of hydrogen-bond acceptors (Lipinski definition) is 2. The molecule has 0 amide bonds. The fraction of sp³-hybridized carbons (Fsp3) is 0.667. The maximum absolute atomic E-state index is 4.62. The van der Waals surface area contributed by atoms with Crippen molar-refractivity contribution in [2.24, 2.45) is 0 Å². The average Bonchev–Trinajstić information content (AvgIpc) is 2.41. The SMILES string of the molecule is CC.CCCCCc1ccc(CC)c(NC)n1. The summed E-state index contributed by atoms with van der Waals surface area (Å²) in [7, 11) is 1.94. The van der Waals surface area contributed by atoms with Crippen LogP contribution < -0.4 is 5.32 Å². The van der Waals surface area contributed by atoms with Crippen LogP contribution in [0.2, 0.25) is 0 Å². The molecule has 0 aliphatic heterocycles. The van der Waals surface area contributed by atoms with Crippen LogP contribution in [0.4, 0.5) is 5.82 Å². The van der Waals surface area contributed by atoms with Crippen molar-refractivity contribution in [1.82, 2.24) is 4.98 Å². The first-order valence-corrected chi connectivity index (χ1v) is 6.98. The molecule has 1 rings (SSSR count). The van der Waals surface area contributed by atoms with Crippen molar-refractivity contribution >= 4 is 5.82 Å². The van der Waals surface area contributed by atoms with Gasteiger partial charge in [0.25, 0.3) is 0 Å². The Kier molecular flexibility index (Phi) is 9.50. The van der Waals surface area contributed by atoms with Crippen LogP contribution >= 0.6 is 0 Å². The average molecular weight is 236 g/mol. The zero-order valence-electron chi connectivity index (χ0n) is 12.1. The Hall–Kier alpha value is -1.05. The van der Waals surface area contributed by atoms with E-state index in [1.165, 1.54) is 30.5 Å². The molecule has 0 fully saturated rings. The number of nitrogens with one attached hydrogen (secondary N) is 1. The number of aromatic nitrogens is 1. The summed E-state index contributed by atoms with van der Waals surface area (Å²) < 4.78 is 0. The minimum atomic E-state index is 1.04. The van der Waals surface area contributed by atoms with Crippen molar-refractivity contribution in [3.05, 3.63) is 23.4 Å². The molecule has 1 heterocycles. The third-order valence-corrected chi connectivity index (χ3v) is 2.69. The number of rotatable bonds is 6. The predicted octanol–water partition coefficient (Wildman–Crippen LogP) is 4.44. The van der Waals surface area contributed by atoms with Gasteiger partial charge in [-0.25, -0.2) is 4.98 Å². The number of unbranched alkanes of at least 4 members (excludes halogenated alkanes) is 2. The van der Waals surface area contributed by atoms with Gasteiger partial charge in [0.05, 0.1) is 0 Å². The molecule has 1 N–H and O–H groups in total. The summed E-state index contributed by atoms with van der Waals surface area (Å²) in [6, 6.07) is 4.36. The molecule has 0 aromatic carbocycles. The van der Waals surface area contributed by atoms with Gasteiger partial charge in [0.2, 0.25) is 0 Å². The molecule has 0 radical (unpaired) electrons. The number of nitrogens with zero attached hydrogens (tertiary/aromatic N) is 1. The van der Waals surface area contributed by atoms with Gasteiger partial charge < -0.3 is 5.32 Å². The number of aryl methyl sites for hydroxylation is 2. The fourth-order valence-electron chi connectivity index (χ4n) is 1.73. The summed E-state index contributed by atoms with van der Waals surface area (Å²) in [4.78, 5) is 4.62. The largest absolute Gasteiger partial charge is 0.373 e. The van der Waals surface area contributed by atoms with Crippen LogP contribution in [0.1, 0.15) is 58.2 Å². The lowest BCUT2D eigenvalue weighted by Crippen LogP contribution is -2.01. The van der Waals surface area contributed by atoms with Crippen LogP contribution in [0.25, 0.3) is 0 Å². The molecule has 17 heavy (non-hydrogen) atoms. The first-order valence-electron chi connectivity index (χ1n) is 6.98. The second kappa shape index (κ2) is 10.1. The lowest BCUT2D eigenvalue weighted by Gasteiger charge is -2.08. The second-order valence-corrected chi connectivity index (χ2v) is 3.87. The van der Waals surface area contributed by atoms with E-state index in [2.05, 4.69) is 36.3 Å². The van der Waals surface area contributed by atoms with Gasteiger partial charge in [-0.3, -0.25) is 0 Å². The third-order valence-electron chi connectivity index (χ3n) is 2.69. The van der Waals surface area contributed by atoms with E-state index < -0.39 is 0 Å². The highest BCUT2D eigenvalue weighted by Gasteiger charge is 2.02. The summed E-state index contributed by atoms with van der Waals surface area (Å²) in [5.41, 5.74) is 2.52. The van der Waals surface area contributed by atoms with Gasteiger partial charge in [0.15, 0.2) is 0 Å². The van der Waals surface area contributed by atoms with Crippen LogP contribution in [0, 0.1) is 0 Å². The number of pyridine rings is 1. The van der Waals surface area contributed by atoms with Crippen LogP contribution in [-0.4, -0.2) is 12.0 Å². The molecule has 0 saturated heterocycles. The van der Waals surface area contributed by atoms with Crippen molar-refractivity contribution < 1.29 is 0 Å².